The predicted octanol–water partition coefficient (Wildman–Crippen LogP) is 4.27. The van der Waals surface area contributed by atoms with Gasteiger partial charge < -0.3 is 10.0 Å². The number of rotatable bonds is 6. The van der Waals surface area contributed by atoms with Crippen LogP contribution in [0, 0.1) is 12.8 Å². The van der Waals surface area contributed by atoms with E-state index >= 15 is 0 Å². The number of nitrogens with zero attached hydrogens (tertiary/aromatic N) is 3. The SMILES string of the molecule is CC/C(=C\C=C(/C)N(C)C)C1C2C(=O)N(c3ccccc3)C(O)C2ON1c1ccc(C)cc1. The second kappa shape index (κ2) is 9.41. The molecule has 0 saturated carbocycles. The Kier molecular flexibility index (Phi) is 6.58. The topological polar surface area (TPSA) is 56.3 Å². The molecular formula is C27H33N3O3. The molecule has 6 nitrogen and oxygen atoms in total. The monoisotopic (exact) mass is 447 g/mol. The van der Waals surface area contributed by atoms with Gasteiger partial charge >= 0.3 is 0 Å². The molecule has 2 aliphatic heterocycles. The Hall–Kier alpha value is -3.09. The van der Waals surface area contributed by atoms with Crippen LogP contribution in [0.15, 0.2) is 78.0 Å². The highest BCUT2D eigenvalue weighted by molar-refractivity contribution is 6.00. The van der Waals surface area contributed by atoms with E-state index < -0.39 is 18.2 Å². The van der Waals surface area contributed by atoms with Crippen molar-refractivity contribution in [2.45, 2.75) is 45.6 Å². The van der Waals surface area contributed by atoms with Gasteiger partial charge in [0.15, 0.2) is 6.23 Å². The number of carbonyl (C=O) groups is 1. The maximum absolute atomic E-state index is 13.7. The number of hydrogen-bond acceptors (Lipinski definition) is 5. The van der Waals surface area contributed by atoms with Crippen molar-refractivity contribution in [1.29, 1.82) is 0 Å². The summed E-state index contributed by atoms with van der Waals surface area (Å²) in [4.78, 5) is 23.6. The van der Waals surface area contributed by atoms with Gasteiger partial charge in [0.2, 0.25) is 5.91 Å². The molecule has 4 rings (SSSR count). The van der Waals surface area contributed by atoms with Crippen LogP contribution in [0.5, 0.6) is 0 Å². The standard InChI is InChI=1S/C27H33N3O3/c1-6-20(15-14-19(3)28(4)5)24-23-25(33-30(24)22-16-12-18(2)13-17-22)27(32)29(26(23)31)21-10-8-7-9-11-21/h7-17,23-25,27,32H,6H2,1-5H3/b19-14+,20-15+. The minimum atomic E-state index is -1.06. The van der Waals surface area contributed by atoms with Gasteiger partial charge in [-0.25, -0.2) is 5.06 Å². The lowest BCUT2D eigenvalue weighted by molar-refractivity contribution is -0.120. The maximum atomic E-state index is 13.7. The van der Waals surface area contributed by atoms with Crippen molar-refractivity contribution in [3.05, 3.63) is 83.6 Å². The van der Waals surface area contributed by atoms with E-state index in [-0.39, 0.29) is 11.9 Å². The minimum absolute atomic E-state index is 0.119. The first-order valence-corrected chi connectivity index (χ1v) is 11.5. The zero-order valence-corrected chi connectivity index (χ0v) is 20.0. The Morgan fingerprint density at radius 2 is 1.73 bits per heavy atom. The van der Waals surface area contributed by atoms with Crippen molar-refractivity contribution in [2.24, 2.45) is 5.92 Å². The molecule has 4 unspecified atom stereocenters. The van der Waals surface area contributed by atoms with Crippen molar-refractivity contribution >= 4 is 17.3 Å². The summed E-state index contributed by atoms with van der Waals surface area (Å²) >= 11 is 0. The number of aryl methyl sites for hydroxylation is 1. The fourth-order valence-electron chi connectivity index (χ4n) is 4.51. The number of benzene rings is 2. The Morgan fingerprint density at radius 3 is 2.33 bits per heavy atom. The van der Waals surface area contributed by atoms with Gasteiger partial charge in [-0.2, -0.15) is 0 Å². The van der Waals surface area contributed by atoms with Crippen LogP contribution in [0.1, 0.15) is 25.8 Å². The van der Waals surface area contributed by atoms with Gasteiger partial charge in [0.1, 0.15) is 6.10 Å². The third-order valence-corrected chi connectivity index (χ3v) is 6.62. The molecule has 2 saturated heterocycles. The molecule has 2 aromatic carbocycles. The van der Waals surface area contributed by atoms with E-state index in [1.807, 2.05) is 80.7 Å². The summed E-state index contributed by atoms with van der Waals surface area (Å²) in [5.41, 5.74) is 4.90. The molecule has 1 N–H and O–H groups in total. The minimum Gasteiger partial charge on any atom is -0.381 e. The molecule has 2 aromatic rings. The van der Waals surface area contributed by atoms with E-state index in [0.717, 1.165) is 28.9 Å². The number of para-hydroxylation sites is 1. The number of amides is 1. The predicted molar refractivity (Wildman–Crippen MR) is 132 cm³/mol. The number of anilines is 2. The summed E-state index contributed by atoms with van der Waals surface area (Å²) in [5.74, 6) is -0.633. The fourth-order valence-corrected chi connectivity index (χ4v) is 4.51. The second-order valence-corrected chi connectivity index (χ2v) is 8.96. The molecule has 6 heteroatoms. The molecule has 0 aromatic heterocycles. The van der Waals surface area contributed by atoms with Gasteiger partial charge in [0.05, 0.1) is 17.6 Å². The average Bonchev–Trinajstić information content (AvgIpc) is 3.31. The first-order valence-electron chi connectivity index (χ1n) is 11.5. The summed E-state index contributed by atoms with van der Waals surface area (Å²) in [6.07, 6.45) is 3.21. The molecule has 2 aliphatic rings. The van der Waals surface area contributed by atoms with Crippen LogP contribution >= 0.6 is 0 Å². The van der Waals surface area contributed by atoms with Crippen molar-refractivity contribution in [2.75, 3.05) is 24.1 Å². The Labute approximate surface area is 196 Å². The van der Waals surface area contributed by atoms with E-state index in [4.69, 9.17) is 4.84 Å². The highest BCUT2D eigenvalue weighted by Gasteiger charge is 2.60. The molecule has 33 heavy (non-hydrogen) atoms. The summed E-state index contributed by atoms with van der Waals surface area (Å²) in [5, 5.41) is 13.0. The van der Waals surface area contributed by atoms with Crippen LogP contribution < -0.4 is 9.96 Å². The summed E-state index contributed by atoms with van der Waals surface area (Å²) in [7, 11) is 4.01. The van der Waals surface area contributed by atoms with Crippen molar-refractivity contribution in [1.82, 2.24) is 4.90 Å². The van der Waals surface area contributed by atoms with E-state index in [0.29, 0.717) is 5.69 Å². The smallest absolute Gasteiger partial charge is 0.237 e. The van der Waals surface area contributed by atoms with E-state index in [2.05, 4.69) is 30.9 Å². The number of fused-ring (bicyclic) bond motifs is 1. The number of hydroxylamine groups is 1. The molecule has 4 atom stereocenters. The van der Waals surface area contributed by atoms with Crippen LogP contribution in [0.4, 0.5) is 11.4 Å². The average molecular weight is 448 g/mol. The number of aliphatic hydroxyl groups is 1. The third-order valence-electron chi connectivity index (χ3n) is 6.62. The zero-order chi connectivity index (χ0) is 23.7. The number of hydrogen-bond donors (Lipinski definition) is 1. The lowest BCUT2D eigenvalue weighted by Gasteiger charge is -2.31. The Bertz CT molecular complexity index is 1050. The van der Waals surface area contributed by atoms with Gasteiger partial charge in [-0.15, -0.1) is 0 Å². The van der Waals surface area contributed by atoms with Crippen LogP contribution in [-0.4, -0.2) is 48.4 Å². The summed E-state index contributed by atoms with van der Waals surface area (Å²) in [6.45, 7) is 6.19. The molecule has 0 bridgehead atoms. The number of carbonyl (C=O) groups excluding carboxylic acids is 1. The normalized spacial score (nSPS) is 25.6. The largest absolute Gasteiger partial charge is 0.381 e. The van der Waals surface area contributed by atoms with Crippen molar-refractivity contribution < 1.29 is 14.7 Å². The van der Waals surface area contributed by atoms with E-state index in [9.17, 15) is 9.90 Å². The first kappa shape index (κ1) is 23.1. The quantitative estimate of drug-likeness (QED) is 0.671. The second-order valence-electron chi connectivity index (χ2n) is 8.96. The fraction of sp³-hybridized carbons (Fsp3) is 0.370. The molecule has 2 fully saturated rings. The van der Waals surface area contributed by atoms with Crippen LogP contribution in [-0.2, 0) is 9.63 Å². The molecular weight excluding hydrogens is 414 g/mol. The molecule has 2 heterocycles. The molecule has 1 amide bonds. The van der Waals surface area contributed by atoms with Crippen LogP contribution in [0.2, 0.25) is 0 Å². The Morgan fingerprint density at radius 1 is 1.06 bits per heavy atom. The molecule has 174 valence electrons. The zero-order valence-electron chi connectivity index (χ0n) is 20.0. The highest BCUT2D eigenvalue weighted by Crippen LogP contribution is 2.45. The van der Waals surface area contributed by atoms with Gasteiger partial charge in [-0.1, -0.05) is 48.9 Å². The Balaban J connectivity index is 1.77. The van der Waals surface area contributed by atoms with E-state index in [1.54, 1.807) is 0 Å². The molecule has 0 aliphatic carbocycles. The van der Waals surface area contributed by atoms with Gasteiger partial charge in [-0.3, -0.25) is 14.5 Å². The lowest BCUT2D eigenvalue weighted by atomic mass is 9.88. The van der Waals surface area contributed by atoms with Gasteiger partial charge in [0, 0.05) is 25.5 Å². The van der Waals surface area contributed by atoms with Crippen LogP contribution in [0.3, 0.4) is 0 Å². The highest BCUT2D eigenvalue weighted by atomic mass is 16.7. The number of allylic oxidation sites excluding steroid dienone is 3. The molecule has 0 spiro atoms. The number of aliphatic hydroxyl groups excluding tert-OH is 1. The maximum Gasteiger partial charge on any atom is 0.237 e. The van der Waals surface area contributed by atoms with Gasteiger partial charge in [0.25, 0.3) is 0 Å². The summed E-state index contributed by atoms with van der Waals surface area (Å²) < 4.78 is 0. The van der Waals surface area contributed by atoms with Crippen LogP contribution in [0.25, 0.3) is 0 Å². The first-order chi connectivity index (χ1) is 15.8. The van der Waals surface area contributed by atoms with Crippen molar-refractivity contribution in [3.8, 4) is 0 Å². The van der Waals surface area contributed by atoms with Crippen molar-refractivity contribution in [3.63, 3.8) is 0 Å². The third kappa shape index (κ3) is 4.28. The van der Waals surface area contributed by atoms with Gasteiger partial charge in [-0.05, 0) is 56.2 Å². The lowest BCUT2D eigenvalue weighted by Crippen LogP contribution is -2.43. The van der Waals surface area contributed by atoms with E-state index in [1.165, 1.54) is 4.90 Å². The molecule has 0 radical (unpaired) electrons. The summed E-state index contributed by atoms with van der Waals surface area (Å²) in [6, 6.07) is 17.1.